The normalized spacial score (nSPS) is 11.7. The van der Waals surface area contributed by atoms with Gasteiger partial charge in [0.15, 0.2) is 6.10 Å². The number of hydrogen-bond donors (Lipinski definition) is 2. The number of aliphatic carboxylic acids is 1. The monoisotopic (exact) mass is 267 g/mol. The third-order valence-electron chi connectivity index (χ3n) is 2.46. The van der Waals surface area contributed by atoms with E-state index in [2.05, 4.69) is 0 Å². The average molecular weight is 267 g/mol. The van der Waals surface area contributed by atoms with Gasteiger partial charge in [-0.2, -0.15) is 0 Å². The molecule has 1 unspecified atom stereocenters. The van der Waals surface area contributed by atoms with E-state index in [1.807, 2.05) is 0 Å². The Kier molecular flexibility index (Phi) is 5.17. The molecule has 0 spiro atoms. The molecule has 0 saturated heterocycles. The zero-order chi connectivity index (χ0) is 14.4. The van der Waals surface area contributed by atoms with Crippen molar-refractivity contribution in [2.24, 2.45) is 0 Å². The molecule has 0 amide bonds. The van der Waals surface area contributed by atoms with Crippen molar-refractivity contribution in [3.63, 3.8) is 0 Å². The molecule has 6 heteroatoms. The molecule has 6 nitrogen and oxygen atoms in total. The minimum Gasteiger partial charge on any atom is -0.493 e. The third kappa shape index (κ3) is 3.61. The van der Waals surface area contributed by atoms with Gasteiger partial charge in [0.25, 0.3) is 0 Å². The summed E-state index contributed by atoms with van der Waals surface area (Å²) in [6.45, 7) is 3.74. The highest BCUT2D eigenvalue weighted by molar-refractivity contribution is 5.99. The van der Waals surface area contributed by atoms with E-state index in [0.29, 0.717) is 6.61 Å². The van der Waals surface area contributed by atoms with Crippen molar-refractivity contribution >= 4 is 17.6 Å². The van der Waals surface area contributed by atoms with Crippen LogP contribution in [0.3, 0.4) is 0 Å². The van der Waals surface area contributed by atoms with Crippen molar-refractivity contribution in [1.29, 1.82) is 0 Å². The topological polar surface area (TPSA) is 98.9 Å². The molecular weight excluding hydrogens is 250 g/mol. The van der Waals surface area contributed by atoms with Crippen molar-refractivity contribution in [3.8, 4) is 5.75 Å². The van der Waals surface area contributed by atoms with Crippen LogP contribution in [0, 0.1) is 0 Å². The van der Waals surface area contributed by atoms with Gasteiger partial charge in [0, 0.05) is 5.69 Å². The maximum Gasteiger partial charge on any atom is 0.345 e. The van der Waals surface area contributed by atoms with E-state index in [4.69, 9.17) is 20.3 Å². The maximum absolute atomic E-state index is 12.0. The number of carbonyl (C=O) groups excluding carboxylic acids is 1. The fourth-order valence-electron chi connectivity index (χ4n) is 1.54. The molecule has 1 aromatic carbocycles. The first kappa shape index (κ1) is 14.8. The SMILES string of the molecule is CCOc1cccc(N)c1C(=O)OC(CC)C(=O)O. The van der Waals surface area contributed by atoms with Gasteiger partial charge in [-0.05, 0) is 25.5 Å². The first-order valence-corrected chi connectivity index (χ1v) is 5.96. The fourth-order valence-corrected chi connectivity index (χ4v) is 1.54. The molecule has 0 aromatic heterocycles. The number of benzene rings is 1. The van der Waals surface area contributed by atoms with Gasteiger partial charge >= 0.3 is 11.9 Å². The number of hydrogen-bond acceptors (Lipinski definition) is 5. The number of carboxylic acid groups (broad SMARTS) is 1. The van der Waals surface area contributed by atoms with Gasteiger partial charge in [0.1, 0.15) is 11.3 Å². The number of nitrogen functional groups attached to an aromatic ring is 1. The Hall–Kier alpha value is -2.24. The largest absolute Gasteiger partial charge is 0.493 e. The molecule has 1 rings (SSSR count). The molecular formula is C13H17NO5. The van der Waals surface area contributed by atoms with E-state index in [1.165, 1.54) is 6.07 Å². The first-order valence-electron chi connectivity index (χ1n) is 5.96. The summed E-state index contributed by atoms with van der Waals surface area (Å²) in [6, 6.07) is 4.75. The molecule has 0 saturated carbocycles. The molecule has 0 fully saturated rings. The molecule has 1 aromatic rings. The van der Waals surface area contributed by atoms with Gasteiger partial charge in [-0.3, -0.25) is 0 Å². The quantitative estimate of drug-likeness (QED) is 0.601. The number of carboxylic acids is 1. The molecule has 104 valence electrons. The maximum atomic E-state index is 12.0. The summed E-state index contributed by atoms with van der Waals surface area (Å²) < 4.78 is 10.2. The van der Waals surface area contributed by atoms with Crippen molar-refractivity contribution in [3.05, 3.63) is 23.8 Å². The highest BCUT2D eigenvalue weighted by Gasteiger charge is 2.24. The molecule has 0 radical (unpaired) electrons. The van der Waals surface area contributed by atoms with Crippen LogP contribution in [0.1, 0.15) is 30.6 Å². The van der Waals surface area contributed by atoms with E-state index in [9.17, 15) is 9.59 Å². The van der Waals surface area contributed by atoms with Crippen LogP contribution in [0.15, 0.2) is 18.2 Å². The first-order chi connectivity index (χ1) is 9.01. The Labute approximate surface area is 111 Å². The Morgan fingerprint density at radius 1 is 1.37 bits per heavy atom. The number of carbonyl (C=O) groups is 2. The van der Waals surface area contributed by atoms with E-state index in [0.717, 1.165) is 0 Å². The van der Waals surface area contributed by atoms with Crippen LogP contribution in [-0.4, -0.2) is 29.8 Å². The minimum atomic E-state index is -1.19. The van der Waals surface area contributed by atoms with Gasteiger partial charge in [-0.25, -0.2) is 9.59 Å². The van der Waals surface area contributed by atoms with E-state index >= 15 is 0 Å². The van der Waals surface area contributed by atoms with Crippen molar-refractivity contribution in [2.75, 3.05) is 12.3 Å². The number of anilines is 1. The Bertz CT molecular complexity index is 472. The van der Waals surface area contributed by atoms with Crippen LogP contribution in [0.5, 0.6) is 5.75 Å². The third-order valence-corrected chi connectivity index (χ3v) is 2.46. The molecule has 0 aliphatic carbocycles. The van der Waals surface area contributed by atoms with Crippen molar-refractivity contribution in [1.82, 2.24) is 0 Å². The summed E-state index contributed by atoms with van der Waals surface area (Å²) in [5.41, 5.74) is 5.97. The Morgan fingerprint density at radius 3 is 2.58 bits per heavy atom. The van der Waals surface area contributed by atoms with E-state index < -0.39 is 18.0 Å². The zero-order valence-electron chi connectivity index (χ0n) is 10.9. The summed E-state index contributed by atoms with van der Waals surface area (Å²) in [6.07, 6.45) is -1.01. The summed E-state index contributed by atoms with van der Waals surface area (Å²) >= 11 is 0. The lowest BCUT2D eigenvalue weighted by molar-refractivity contribution is -0.147. The minimum absolute atomic E-state index is 0.0593. The zero-order valence-corrected chi connectivity index (χ0v) is 10.9. The van der Waals surface area contributed by atoms with Gasteiger partial charge in [0.05, 0.1) is 6.61 Å². The summed E-state index contributed by atoms with van der Waals surface area (Å²) in [7, 11) is 0. The number of rotatable bonds is 6. The number of ether oxygens (including phenoxy) is 2. The summed E-state index contributed by atoms with van der Waals surface area (Å²) in [5, 5.41) is 8.87. The molecule has 0 aliphatic heterocycles. The second kappa shape index (κ2) is 6.63. The molecule has 0 bridgehead atoms. The van der Waals surface area contributed by atoms with Crippen LogP contribution in [0.2, 0.25) is 0 Å². The lowest BCUT2D eigenvalue weighted by Crippen LogP contribution is -2.26. The summed E-state index contributed by atoms with van der Waals surface area (Å²) in [4.78, 5) is 22.8. The van der Waals surface area contributed by atoms with Gasteiger partial charge in [0.2, 0.25) is 0 Å². The second-order valence-electron chi connectivity index (χ2n) is 3.79. The fraction of sp³-hybridized carbons (Fsp3) is 0.385. The van der Waals surface area contributed by atoms with Gasteiger partial charge < -0.3 is 20.3 Å². The van der Waals surface area contributed by atoms with Crippen LogP contribution in [0.25, 0.3) is 0 Å². The Morgan fingerprint density at radius 2 is 2.05 bits per heavy atom. The summed E-state index contributed by atoms with van der Waals surface area (Å²) in [5.74, 6) is -1.70. The van der Waals surface area contributed by atoms with Crippen LogP contribution < -0.4 is 10.5 Å². The number of esters is 1. The standard InChI is InChI=1S/C13H17NO5/c1-3-9(12(15)16)19-13(17)11-8(14)6-5-7-10(11)18-4-2/h5-7,9H,3-4,14H2,1-2H3,(H,15,16). The van der Waals surface area contributed by atoms with Gasteiger partial charge in [-0.1, -0.05) is 13.0 Å². The smallest absolute Gasteiger partial charge is 0.345 e. The predicted molar refractivity (Wildman–Crippen MR) is 69.2 cm³/mol. The highest BCUT2D eigenvalue weighted by Crippen LogP contribution is 2.26. The van der Waals surface area contributed by atoms with Crippen molar-refractivity contribution in [2.45, 2.75) is 26.4 Å². The van der Waals surface area contributed by atoms with Crippen molar-refractivity contribution < 1.29 is 24.2 Å². The van der Waals surface area contributed by atoms with E-state index in [-0.39, 0.29) is 23.4 Å². The second-order valence-corrected chi connectivity index (χ2v) is 3.79. The predicted octanol–water partition coefficient (Wildman–Crippen LogP) is 1.69. The van der Waals surface area contributed by atoms with E-state index in [1.54, 1.807) is 26.0 Å². The molecule has 0 aliphatic rings. The van der Waals surface area contributed by atoms with Crippen LogP contribution in [0.4, 0.5) is 5.69 Å². The number of nitrogens with two attached hydrogens (primary N) is 1. The molecule has 3 N–H and O–H groups in total. The van der Waals surface area contributed by atoms with Crippen LogP contribution >= 0.6 is 0 Å². The Balaban J connectivity index is 3.01. The average Bonchev–Trinajstić information content (AvgIpc) is 2.35. The molecule has 1 atom stereocenters. The van der Waals surface area contributed by atoms with Gasteiger partial charge in [-0.15, -0.1) is 0 Å². The lowest BCUT2D eigenvalue weighted by Gasteiger charge is -2.15. The highest BCUT2D eigenvalue weighted by atomic mass is 16.6. The molecule has 0 heterocycles. The van der Waals surface area contributed by atoms with Crippen LogP contribution in [-0.2, 0) is 9.53 Å². The lowest BCUT2D eigenvalue weighted by atomic mass is 10.1. The molecule has 19 heavy (non-hydrogen) atoms.